The fourth-order valence-electron chi connectivity index (χ4n) is 1.62. The Labute approximate surface area is 113 Å². The second kappa shape index (κ2) is 8.42. The Balaban J connectivity index is 2.51. The Bertz CT molecular complexity index is 410. The topological polar surface area (TPSA) is 73.3 Å². The number of ether oxygens (including phenoxy) is 2. The summed E-state index contributed by atoms with van der Waals surface area (Å²) in [5.74, 6) is 0.725. The van der Waals surface area contributed by atoms with Crippen LogP contribution in [0, 0.1) is 6.92 Å². The molecule has 6 heteroatoms. The lowest BCUT2D eigenvalue weighted by Crippen LogP contribution is -2.12. The molecule has 0 bridgehead atoms. The second-order valence-corrected chi connectivity index (χ2v) is 4.15. The zero-order valence-corrected chi connectivity index (χ0v) is 11.7. The van der Waals surface area contributed by atoms with Gasteiger partial charge in [0.1, 0.15) is 17.2 Å². The van der Waals surface area contributed by atoms with Crippen LogP contribution >= 0.6 is 0 Å². The first-order valence-electron chi connectivity index (χ1n) is 6.33. The molecule has 1 rings (SSSR count). The first-order valence-corrected chi connectivity index (χ1v) is 6.33. The lowest BCUT2D eigenvalue weighted by Gasteiger charge is -2.09. The van der Waals surface area contributed by atoms with Gasteiger partial charge in [0, 0.05) is 26.5 Å². The molecule has 0 spiro atoms. The summed E-state index contributed by atoms with van der Waals surface area (Å²) < 4.78 is 9.69. The second-order valence-electron chi connectivity index (χ2n) is 4.15. The molecule has 0 unspecified atom stereocenters. The van der Waals surface area contributed by atoms with Gasteiger partial charge in [0.05, 0.1) is 7.11 Å². The smallest absolute Gasteiger partial charge is 0.343 e. The average Bonchev–Trinajstić information content (AvgIpc) is 2.42. The molecule has 0 fully saturated rings. The molecule has 6 nitrogen and oxygen atoms in total. The van der Waals surface area contributed by atoms with E-state index in [1.54, 1.807) is 14.0 Å². The molecule has 19 heavy (non-hydrogen) atoms. The third kappa shape index (κ3) is 5.21. The van der Waals surface area contributed by atoms with Crippen LogP contribution in [0.3, 0.4) is 0 Å². The van der Waals surface area contributed by atoms with Crippen LogP contribution in [-0.4, -0.2) is 43.3 Å². The molecule has 0 aliphatic rings. The van der Waals surface area contributed by atoms with E-state index in [-0.39, 0.29) is 0 Å². The van der Waals surface area contributed by atoms with Crippen LogP contribution in [0.5, 0.6) is 0 Å². The van der Waals surface area contributed by atoms with Crippen molar-refractivity contribution in [1.29, 1.82) is 0 Å². The summed E-state index contributed by atoms with van der Waals surface area (Å²) in [6.45, 7) is 3.31. The number of hydrogen-bond donors (Lipinski definition) is 1. The van der Waals surface area contributed by atoms with Crippen LogP contribution in [0.2, 0.25) is 0 Å². The Kier molecular flexibility index (Phi) is 6.81. The zero-order valence-electron chi connectivity index (χ0n) is 11.7. The van der Waals surface area contributed by atoms with Gasteiger partial charge in [-0.2, -0.15) is 0 Å². The van der Waals surface area contributed by atoms with Crippen molar-refractivity contribution in [3.63, 3.8) is 0 Å². The molecule has 0 aliphatic heterocycles. The Hall–Kier alpha value is -1.69. The number of esters is 1. The highest BCUT2D eigenvalue weighted by molar-refractivity contribution is 5.94. The number of carbonyl (C=O) groups excluding carboxylic acids is 1. The van der Waals surface area contributed by atoms with Crippen LogP contribution in [0.25, 0.3) is 0 Å². The maximum Gasteiger partial charge on any atom is 0.343 e. The molecule has 1 N–H and O–H groups in total. The number of anilines is 1. The minimum absolute atomic E-state index is 0.366. The van der Waals surface area contributed by atoms with E-state index in [9.17, 15) is 4.79 Å². The first kappa shape index (κ1) is 15.4. The van der Waals surface area contributed by atoms with Crippen LogP contribution in [-0.2, 0) is 9.47 Å². The highest BCUT2D eigenvalue weighted by atomic mass is 16.5. The van der Waals surface area contributed by atoms with Crippen LogP contribution in [0.4, 0.5) is 5.82 Å². The van der Waals surface area contributed by atoms with Crippen molar-refractivity contribution in [2.24, 2.45) is 0 Å². The number of aromatic nitrogens is 2. The third-order valence-corrected chi connectivity index (χ3v) is 2.63. The lowest BCUT2D eigenvalue weighted by molar-refractivity contribution is 0.0601. The lowest BCUT2D eigenvalue weighted by atomic mass is 10.2. The fraction of sp³-hybridized carbons (Fsp3) is 0.615. The molecular weight excluding hydrogens is 246 g/mol. The summed E-state index contributed by atoms with van der Waals surface area (Å²) >= 11 is 0. The van der Waals surface area contributed by atoms with Gasteiger partial charge < -0.3 is 14.8 Å². The monoisotopic (exact) mass is 267 g/mol. The molecule has 0 atom stereocenters. The van der Waals surface area contributed by atoms with Crippen LogP contribution in [0.1, 0.15) is 35.4 Å². The average molecular weight is 267 g/mol. The van der Waals surface area contributed by atoms with Gasteiger partial charge in [-0.15, -0.1) is 0 Å². The molecular formula is C13H21N3O3. The first-order chi connectivity index (χ1) is 9.19. The van der Waals surface area contributed by atoms with Crippen molar-refractivity contribution in [3.8, 4) is 0 Å². The number of hydrogen-bond acceptors (Lipinski definition) is 6. The van der Waals surface area contributed by atoms with Gasteiger partial charge in [0.15, 0.2) is 0 Å². The van der Waals surface area contributed by atoms with Gasteiger partial charge in [-0.05, 0) is 26.2 Å². The largest absolute Gasteiger partial charge is 0.465 e. The summed E-state index contributed by atoms with van der Waals surface area (Å²) in [6, 6.07) is 0. The molecule has 0 aromatic carbocycles. The number of methoxy groups -OCH3 is 2. The molecule has 0 saturated carbocycles. The number of nitrogens with one attached hydrogen (secondary N) is 1. The zero-order chi connectivity index (χ0) is 14.1. The molecule has 0 saturated heterocycles. The van der Waals surface area contributed by atoms with Gasteiger partial charge in [0.25, 0.3) is 0 Å². The summed E-state index contributed by atoms with van der Waals surface area (Å²) in [7, 11) is 3.04. The molecule has 106 valence electrons. The molecule has 0 amide bonds. The highest BCUT2D eigenvalue weighted by Gasteiger charge is 2.13. The quantitative estimate of drug-likeness (QED) is 0.572. The highest BCUT2D eigenvalue weighted by Crippen LogP contribution is 2.13. The number of nitrogens with zero attached hydrogens (tertiary/aromatic N) is 2. The predicted octanol–water partition coefficient (Wildman–Crippen LogP) is 1.80. The molecule has 1 heterocycles. The van der Waals surface area contributed by atoms with E-state index in [4.69, 9.17) is 9.47 Å². The summed E-state index contributed by atoms with van der Waals surface area (Å²) in [5.41, 5.74) is 0.366. The summed E-state index contributed by atoms with van der Waals surface area (Å²) in [6.07, 6.45) is 4.58. The van der Waals surface area contributed by atoms with E-state index >= 15 is 0 Å². The van der Waals surface area contributed by atoms with Gasteiger partial charge in [-0.25, -0.2) is 14.8 Å². The standard InChI is InChI=1S/C13H21N3O3/c1-10-15-9-11(13(17)19-3)12(16-10)14-7-5-4-6-8-18-2/h9H,4-8H2,1-3H3,(H,14,15,16). The van der Waals surface area contributed by atoms with Crippen molar-refractivity contribution in [1.82, 2.24) is 9.97 Å². The van der Waals surface area contributed by atoms with Crippen LogP contribution < -0.4 is 5.32 Å². The Morgan fingerprint density at radius 1 is 1.32 bits per heavy atom. The molecule has 0 radical (unpaired) electrons. The number of aryl methyl sites for hydroxylation is 1. The number of unbranched alkanes of at least 4 members (excludes halogenated alkanes) is 2. The van der Waals surface area contributed by atoms with E-state index in [1.165, 1.54) is 13.3 Å². The maximum absolute atomic E-state index is 11.6. The van der Waals surface area contributed by atoms with E-state index in [0.717, 1.165) is 32.4 Å². The van der Waals surface area contributed by atoms with Crippen molar-refractivity contribution in [2.75, 3.05) is 32.7 Å². The maximum atomic E-state index is 11.6. The molecule has 1 aromatic rings. The van der Waals surface area contributed by atoms with Crippen molar-refractivity contribution in [2.45, 2.75) is 26.2 Å². The SMILES string of the molecule is COCCCCCNc1nc(C)ncc1C(=O)OC. The minimum atomic E-state index is -0.429. The fourth-order valence-corrected chi connectivity index (χ4v) is 1.62. The van der Waals surface area contributed by atoms with Gasteiger partial charge in [-0.1, -0.05) is 0 Å². The van der Waals surface area contributed by atoms with Crippen molar-refractivity contribution < 1.29 is 14.3 Å². The van der Waals surface area contributed by atoms with Crippen molar-refractivity contribution in [3.05, 3.63) is 17.6 Å². The van der Waals surface area contributed by atoms with Gasteiger partial charge >= 0.3 is 5.97 Å². The van der Waals surface area contributed by atoms with Crippen LogP contribution in [0.15, 0.2) is 6.20 Å². The van der Waals surface area contributed by atoms with E-state index < -0.39 is 5.97 Å². The molecule has 0 aliphatic carbocycles. The number of rotatable bonds is 8. The van der Waals surface area contributed by atoms with E-state index in [1.807, 2.05) is 0 Å². The third-order valence-electron chi connectivity index (χ3n) is 2.63. The van der Waals surface area contributed by atoms with Gasteiger partial charge in [0.2, 0.25) is 0 Å². The Morgan fingerprint density at radius 3 is 2.79 bits per heavy atom. The van der Waals surface area contributed by atoms with E-state index in [2.05, 4.69) is 15.3 Å². The summed E-state index contributed by atoms with van der Waals surface area (Å²) in [5, 5.41) is 3.15. The number of carbonyl (C=O) groups is 1. The molecule has 1 aromatic heterocycles. The predicted molar refractivity (Wildman–Crippen MR) is 72.3 cm³/mol. The minimum Gasteiger partial charge on any atom is -0.465 e. The summed E-state index contributed by atoms with van der Waals surface area (Å²) in [4.78, 5) is 19.8. The van der Waals surface area contributed by atoms with Crippen molar-refractivity contribution >= 4 is 11.8 Å². The van der Waals surface area contributed by atoms with E-state index in [0.29, 0.717) is 17.2 Å². The Morgan fingerprint density at radius 2 is 2.11 bits per heavy atom. The normalized spacial score (nSPS) is 10.3. The van der Waals surface area contributed by atoms with Gasteiger partial charge in [-0.3, -0.25) is 0 Å².